The third-order valence-corrected chi connectivity index (χ3v) is 3.62. The lowest BCUT2D eigenvalue weighted by atomic mass is 10.2. The second-order valence-corrected chi connectivity index (χ2v) is 5.32. The Morgan fingerprint density at radius 1 is 1.12 bits per heavy atom. The molecule has 0 heterocycles. The van der Waals surface area contributed by atoms with Crippen molar-refractivity contribution in [1.29, 1.82) is 0 Å². The number of amides is 1. The number of hydrogen-bond donors (Lipinski definition) is 1. The van der Waals surface area contributed by atoms with Crippen LogP contribution in [-0.4, -0.2) is 47.1 Å². The molecule has 0 spiro atoms. The first-order valence-electron chi connectivity index (χ1n) is 6.72. The van der Waals surface area contributed by atoms with Crippen LogP contribution in [0.1, 0.15) is 46.0 Å². The molecule has 1 N–H and O–H groups in total. The zero-order valence-corrected chi connectivity index (χ0v) is 12.1. The van der Waals surface area contributed by atoms with Gasteiger partial charge in [0.25, 0.3) is 0 Å². The lowest BCUT2D eigenvalue weighted by Crippen LogP contribution is -2.34. The second-order valence-electron chi connectivity index (χ2n) is 4.22. The Labute approximate surface area is 110 Å². The minimum atomic E-state index is 0.219. The van der Waals surface area contributed by atoms with Gasteiger partial charge in [0, 0.05) is 19.7 Å². The summed E-state index contributed by atoms with van der Waals surface area (Å²) in [6, 6.07) is 0. The fraction of sp³-hybridized carbons (Fsp3) is 0.923. The van der Waals surface area contributed by atoms with Gasteiger partial charge in [0.05, 0.1) is 5.75 Å². The van der Waals surface area contributed by atoms with E-state index in [0.717, 1.165) is 50.9 Å². The Kier molecular flexibility index (Phi) is 12.1. The Hall–Kier alpha value is -0.220. The van der Waals surface area contributed by atoms with Gasteiger partial charge in [-0.3, -0.25) is 4.79 Å². The molecule has 0 saturated heterocycles. The van der Waals surface area contributed by atoms with Gasteiger partial charge >= 0.3 is 0 Å². The summed E-state index contributed by atoms with van der Waals surface area (Å²) in [5.74, 6) is 1.69. The lowest BCUT2D eigenvalue weighted by molar-refractivity contribution is -0.128. The highest BCUT2D eigenvalue weighted by Gasteiger charge is 2.11. The Morgan fingerprint density at radius 3 is 2.18 bits per heavy atom. The molecule has 4 heteroatoms. The highest BCUT2D eigenvalue weighted by molar-refractivity contribution is 7.99. The summed E-state index contributed by atoms with van der Waals surface area (Å²) in [6.45, 7) is 6.32. The molecule has 0 aliphatic carbocycles. The Morgan fingerprint density at radius 2 is 1.71 bits per heavy atom. The van der Waals surface area contributed by atoms with Crippen LogP contribution in [0.15, 0.2) is 0 Å². The van der Waals surface area contributed by atoms with Gasteiger partial charge in [0.15, 0.2) is 0 Å². The topological polar surface area (TPSA) is 40.5 Å². The molecule has 102 valence electrons. The number of carbonyl (C=O) groups excluding carboxylic acids is 1. The summed E-state index contributed by atoms with van der Waals surface area (Å²) >= 11 is 1.63. The van der Waals surface area contributed by atoms with E-state index in [1.165, 1.54) is 0 Å². The Balaban J connectivity index is 3.85. The highest BCUT2D eigenvalue weighted by atomic mass is 32.2. The first-order valence-corrected chi connectivity index (χ1v) is 7.88. The molecule has 0 fully saturated rings. The summed E-state index contributed by atoms with van der Waals surface area (Å²) in [6.07, 6.45) is 5.23. The van der Waals surface area contributed by atoms with Crippen molar-refractivity contribution >= 4 is 17.7 Å². The van der Waals surface area contributed by atoms with E-state index >= 15 is 0 Å². The normalized spacial score (nSPS) is 10.5. The maximum absolute atomic E-state index is 12.0. The zero-order valence-electron chi connectivity index (χ0n) is 11.3. The van der Waals surface area contributed by atoms with E-state index in [-0.39, 0.29) is 12.5 Å². The Bertz CT molecular complexity index is 180. The molecular weight excluding hydrogens is 234 g/mol. The van der Waals surface area contributed by atoms with Crippen molar-refractivity contribution in [2.24, 2.45) is 0 Å². The van der Waals surface area contributed by atoms with Gasteiger partial charge in [0.1, 0.15) is 0 Å². The highest BCUT2D eigenvalue weighted by Crippen LogP contribution is 2.07. The van der Waals surface area contributed by atoms with Gasteiger partial charge in [-0.1, -0.05) is 26.7 Å². The number of thioether (sulfide) groups is 1. The monoisotopic (exact) mass is 261 g/mol. The summed E-state index contributed by atoms with van der Waals surface area (Å²) in [5, 5.41) is 8.66. The maximum atomic E-state index is 12.0. The van der Waals surface area contributed by atoms with Crippen LogP contribution in [0.5, 0.6) is 0 Å². The minimum Gasteiger partial charge on any atom is -0.396 e. The third-order valence-electron chi connectivity index (χ3n) is 2.59. The molecule has 0 aromatic carbocycles. The number of aliphatic hydroxyl groups is 1. The van der Waals surface area contributed by atoms with Gasteiger partial charge in [-0.2, -0.15) is 11.8 Å². The van der Waals surface area contributed by atoms with Crippen LogP contribution in [0.4, 0.5) is 0 Å². The van der Waals surface area contributed by atoms with Crippen LogP contribution in [0.2, 0.25) is 0 Å². The van der Waals surface area contributed by atoms with E-state index < -0.39 is 0 Å². The molecule has 0 rings (SSSR count). The fourth-order valence-corrected chi connectivity index (χ4v) is 2.31. The first kappa shape index (κ1) is 16.8. The van der Waals surface area contributed by atoms with E-state index in [1.54, 1.807) is 11.8 Å². The SMILES string of the molecule is CCCCN(CCCC)C(=O)CSCCCO. The number of rotatable bonds is 11. The molecule has 0 aliphatic rings. The summed E-state index contributed by atoms with van der Waals surface area (Å²) < 4.78 is 0. The van der Waals surface area contributed by atoms with E-state index in [9.17, 15) is 4.79 Å². The van der Waals surface area contributed by atoms with Gasteiger partial charge in [-0.15, -0.1) is 0 Å². The minimum absolute atomic E-state index is 0.219. The van der Waals surface area contributed by atoms with Crippen molar-refractivity contribution in [3.8, 4) is 0 Å². The molecule has 0 atom stereocenters. The lowest BCUT2D eigenvalue weighted by Gasteiger charge is -2.22. The van der Waals surface area contributed by atoms with Crippen LogP contribution < -0.4 is 0 Å². The van der Waals surface area contributed by atoms with Gasteiger partial charge in [-0.25, -0.2) is 0 Å². The van der Waals surface area contributed by atoms with Crippen LogP contribution in [0, 0.1) is 0 Å². The fourth-order valence-electron chi connectivity index (χ4n) is 1.48. The van der Waals surface area contributed by atoms with Gasteiger partial charge in [-0.05, 0) is 25.0 Å². The average molecular weight is 261 g/mol. The molecule has 0 unspecified atom stereocenters. The third kappa shape index (κ3) is 9.48. The van der Waals surface area contributed by atoms with Crippen molar-refractivity contribution in [1.82, 2.24) is 4.90 Å². The van der Waals surface area contributed by atoms with Crippen LogP contribution in [0.25, 0.3) is 0 Å². The summed E-state index contributed by atoms with van der Waals surface area (Å²) in [4.78, 5) is 14.0. The molecule has 1 amide bonds. The molecule has 0 aliphatic heterocycles. The molecule has 0 aromatic rings. The van der Waals surface area contributed by atoms with E-state index in [1.807, 2.05) is 4.90 Å². The first-order chi connectivity index (χ1) is 8.26. The van der Waals surface area contributed by atoms with Gasteiger partial charge in [0.2, 0.25) is 5.91 Å². The van der Waals surface area contributed by atoms with Crippen LogP contribution in [-0.2, 0) is 4.79 Å². The van der Waals surface area contributed by atoms with Crippen molar-refractivity contribution in [2.45, 2.75) is 46.0 Å². The molecular formula is C13H27NO2S. The number of hydrogen-bond acceptors (Lipinski definition) is 3. The average Bonchev–Trinajstić information content (AvgIpc) is 2.34. The van der Waals surface area contributed by atoms with E-state index in [4.69, 9.17) is 5.11 Å². The maximum Gasteiger partial charge on any atom is 0.232 e. The van der Waals surface area contributed by atoms with Crippen LogP contribution in [0.3, 0.4) is 0 Å². The van der Waals surface area contributed by atoms with Crippen molar-refractivity contribution in [3.05, 3.63) is 0 Å². The number of carbonyl (C=O) groups is 1. The number of aliphatic hydroxyl groups excluding tert-OH is 1. The largest absolute Gasteiger partial charge is 0.396 e. The molecule has 17 heavy (non-hydrogen) atoms. The van der Waals surface area contributed by atoms with Crippen LogP contribution >= 0.6 is 11.8 Å². The number of nitrogens with zero attached hydrogens (tertiary/aromatic N) is 1. The standard InChI is InChI=1S/C13H27NO2S/c1-3-5-8-14(9-6-4-2)13(16)12-17-11-7-10-15/h15H,3-12H2,1-2H3. The zero-order chi connectivity index (χ0) is 12.9. The number of unbranched alkanes of at least 4 members (excludes halogenated alkanes) is 2. The van der Waals surface area contributed by atoms with Gasteiger partial charge < -0.3 is 10.0 Å². The van der Waals surface area contributed by atoms with Crippen molar-refractivity contribution < 1.29 is 9.90 Å². The molecule has 3 nitrogen and oxygen atoms in total. The smallest absolute Gasteiger partial charge is 0.232 e. The van der Waals surface area contributed by atoms with Crippen molar-refractivity contribution in [3.63, 3.8) is 0 Å². The molecule has 0 aromatic heterocycles. The van der Waals surface area contributed by atoms with E-state index in [0.29, 0.717) is 5.75 Å². The van der Waals surface area contributed by atoms with Crippen molar-refractivity contribution in [2.75, 3.05) is 31.2 Å². The second kappa shape index (κ2) is 12.2. The predicted molar refractivity (Wildman–Crippen MR) is 75.4 cm³/mol. The summed E-state index contributed by atoms with van der Waals surface area (Å²) in [7, 11) is 0. The molecule has 0 radical (unpaired) electrons. The molecule has 0 saturated carbocycles. The molecule has 0 bridgehead atoms. The van der Waals surface area contributed by atoms with E-state index in [2.05, 4.69) is 13.8 Å². The summed E-state index contributed by atoms with van der Waals surface area (Å²) in [5.41, 5.74) is 0. The predicted octanol–water partition coefficient (Wildman–Crippen LogP) is 2.53. The quantitative estimate of drug-likeness (QED) is 0.581.